The average molecular weight is 196 g/mol. The van der Waals surface area contributed by atoms with Gasteiger partial charge >= 0.3 is 0 Å². The first kappa shape index (κ1) is 9.99. The van der Waals surface area contributed by atoms with Crippen LogP contribution in [0.15, 0.2) is 35.7 Å². The van der Waals surface area contributed by atoms with Crippen LogP contribution in [0.5, 0.6) is 0 Å². The molecule has 0 unspecified atom stereocenters. The Morgan fingerprint density at radius 2 is 1.85 bits per heavy atom. The van der Waals surface area contributed by atoms with Gasteiger partial charge in [-0.15, -0.1) is 0 Å². The van der Waals surface area contributed by atoms with E-state index < -0.39 is 9.84 Å². The van der Waals surface area contributed by atoms with Crippen molar-refractivity contribution in [2.24, 2.45) is 0 Å². The summed E-state index contributed by atoms with van der Waals surface area (Å²) in [4.78, 5) is 0. The summed E-state index contributed by atoms with van der Waals surface area (Å²) in [6.45, 7) is 1.63. The molecule has 0 saturated heterocycles. The molecule has 3 heteroatoms. The summed E-state index contributed by atoms with van der Waals surface area (Å²) in [6, 6.07) is 9.37. The Labute approximate surface area is 78.8 Å². The molecule has 0 aliphatic heterocycles. The zero-order chi connectivity index (χ0) is 9.73. The van der Waals surface area contributed by atoms with Crippen LogP contribution in [0.2, 0.25) is 0 Å². The molecule has 1 rings (SSSR count). The van der Waals surface area contributed by atoms with Crippen LogP contribution in [0.1, 0.15) is 12.5 Å². The molecule has 2 nitrogen and oxygen atoms in total. The lowest BCUT2D eigenvalue weighted by atomic mass is 10.2. The van der Waals surface area contributed by atoms with Crippen molar-refractivity contribution in [1.82, 2.24) is 0 Å². The van der Waals surface area contributed by atoms with Gasteiger partial charge in [0.1, 0.15) is 0 Å². The van der Waals surface area contributed by atoms with Crippen LogP contribution in [0.4, 0.5) is 0 Å². The number of sulfone groups is 1. The van der Waals surface area contributed by atoms with Crippen molar-refractivity contribution < 1.29 is 8.42 Å². The van der Waals surface area contributed by atoms with Crippen molar-refractivity contribution in [3.63, 3.8) is 0 Å². The molecule has 1 aromatic rings. The number of rotatable bonds is 3. The van der Waals surface area contributed by atoms with Gasteiger partial charge in [-0.2, -0.15) is 0 Å². The van der Waals surface area contributed by atoms with Crippen molar-refractivity contribution in [3.8, 4) is 0 Å². The molecule has 0 aliphatic rings. The number of hydrogen-bond acceptors (Lipinski definition) is 2. The molecule has 0 aliphatic carbocycles. The van der Waals surface area contributed by atoms with Crippen LogP contribution in [0.3, 0.4) is 0 Å². The van der Waals surface area contributed by atoms with Gasteiger partial charge in [0.15, 0.2) is 9.84 Å². The van der Waals surface area contributed by atoms with Crippen molar-refractivity contribution in [3.05, 3.63) is 41.3 Å². The first-order chi connectivity index (χ1) is 6.14. The highest BCUT2D eigenvalue weighted by Crippen LogP contribution is 2.03. The molecule has 0 radical (unpaired) electrons. The van der Waals surface area contributed by atoms with Crippen LogP contribution in [-0.4, -0.2) is 14.2 Å². The second-order valence-corrected chi connectivity index (χ2v) is 4.84. The van der Waals surface area contributed by atoms with Crippen molar-refractivity contribution >= 4 is 15.9 Å². The SMILES string of the molecule is CCS(=O)(=O)/C=C/c1ccccc1. The van der Waals surface area contributed by atoms with Gasteiger partial charge in [0.05, 0.1) is 5.75 Å². The second-order valence-electron chi connectivity index (χ2n) is 2.66. The fourth-order valence-electron chi connectivity index (χ4n) is 0.843. The third-order valence-electron chi connectivity index (χ3n) is 1.67. The van der Waals surface area contributed by atoms with Gasteiger partial charge in [0.25, 0.3) is 0 Å². The maximum Gasteiger partial charge on any atom is 0.171 e. The minimum absolute atomic E-state index is 0.149. The first-order valence-electron chi connectivity index (χ1n) is 4.10. The molecule has 0 N–H and O–H groups in total. The van der Waals surface area contributed by atoms with E-state index in [-0.39, 0.29) is 5.75 Å². The summed E-state index contributed by atoms with van der Waals surface area (Å²) < 4.78 is 22.2. The number of benzene rings is 1. The molecule has 0 saturated carbocycles. The third kappa shape index (κ3) is 3.42. The molecular formula is C10H12O2S. The van der Waals surface area contributed by atoms with Gasteiger partial charge in [-0.1, -0.05) is 37.3 Å². The lowest BCUT2D eigenvalue weighted by molar-refractivity contribution is 0.606. The smallest absolute Gasteiger partial charge is 0.171 e. The Bertz CT molecular complexity index is 377. The predicted molar refractivity (Wildman–Crippen MR) is 54.9 cm³/mol. The highest BCUT2D eigenvalue weighted by Gasteiger charge is 1.99. The van der Waals surface area contributed by atoms with E-state index in [4.69, 9.17) is 0 Å². The summed E-state index contributed by atoms with van der Waals surface area (Å²) in [5.74, 6) is 0.149. The van der Waals surface area contributed by atoms with Crippen LogP contribution in [0.25, 0.3) is 6.08 Å². The lowest BCUT2D eigenvalue weighted by Crippen LogP contribution is -1.96. The average Bonchev–Trinajstić information content (AvgIpc) is 2.17. The zero-order valence-electron chi connectivity index (χ0n) is 7.47. The van der Waals surface area contributed by atoms with Crippen molar-refractivity contribution in [2.45, 2.75) is 6.92 Å². The van der Waals surface area contributed by atoms with E-state index in [1.165, 1.54) is 5.41 Å². The van der Waals surface area contributed by atoms with E-state index in [0.29, 0.717) is 0 Å². The summed E-state index contributed by atoms with van der Waals surface area (Å²) in [5.41, 5.74) is 0.902. The molecule has 0 amide bonds. The molecule has 0 spiro atoms. The van der Waals surface area contributed by atoms with Gasteiger partial charge in [-0.05, 0) is 11.6 Å². The van der Waals surface area contributed by atoms with Gasteiger partial charge in [0, 0.05) is 5.41 Å². The van der Waals surface area contributed by atoms with E-state index in [0.717, 1.165) is 5.56 Å². The lowest BCUT2D eigenvalue weighted by Gasteiger charge is -1.92. The second kappa shape index (κ2) is 4.23. The Morgan fingerprint density at radius 3 is 2.38 bits per heavy atom. The normalized spacial score (nSPS) is 12.1. The van der Waals surface area contributed by atoms with Gasteiger partial charge in [-0.25, -0.2) is 8.42 Å². The summed E-state index contributed by atoms with van der Waals surface area (Å²) in [5, 5.41) is 1.25. The molecule has 0 fully saturated rings. The first-order valence-corrected chi connectivity index (χ1v) is 5.81. The fraction of sp³-hybridized carbons (Fsp3) is 0.200. The van der Waals surface area contributed by atoms with Crippen molar-refractivity contribution in [2.75, 3.05) is 5.75 Å². The van der Waals surface area contributed by atoms with E-state index in [9.17, 15) is 8.42 Å². The quantitative estimate of drug-likeness (QED) is 0.741. The van der Waals surface area contributed by atoms with E-state index >= 15 is 0 Å². The minimum Gasteiger partial charge on any atom is -0.224 e. The molecule has 70 valence electrons. The van der Waals surface area contributed by atoms with Crippen molar-refractivity contribution in [1.29, 1.82) is 0 Å². The maximum atomic E-state index is 11.1. The highest BCUT2D eigenvalue weighted by molar-refractivity contribution is 7.94. The predicted octanol–water partition coefficient (Wildman–Crippen LogP) is 2.09. The molecule has 13 heavy (non-hydrogen) atoms. The Hall–Kier alpha value is -1.09. The largest absolute Gasteiger partial charge is 0.224 e. The standard InChI is InChI=1S/C10H12O2S/c1-2-13(11,12)9-8-10-6-4-3-5-7-10/h3-9H,2H2,1H3/b9-8+. The summed E-state index contributed by atoms with van der Waals surface area (Å²) in [7, 11) is -3.00. The van der Waals surface area contributed by atoms with E-state index in [2.05, 4.69) is 0 Å². The van der Waals surface area contributed by atoms with E-state index in [1.54, 1.807) is 13.0 Å². The van der Waals surface area contributed by atoms with Crippen LogP contribution in [-0.2, 0) is 9.84 Å². The fourth-order valence-corrected chi connectivity index (χ4v) is 1.40. The Balaban J connectivity index is 2.82. The van der Waals surface area contributed by atoms with Crippen LogP contribution < -0.4 is 0 Å². The molecule has 1 aromatic carbocycles. The molecule has 0 atom stereocenters. The summed E-state index contributed by atoms with van der Waals surface area (Å²) in [6.07, 6.45) is 1.61. The monoisotopic (exact) mass is 196 g/mol. The Morgan fingerprint density at radius 1 is 1.23 bits per heavy atom. The minimum atomic E-state index is -3.00. The Kier molecular flexibility index (Phi) is 3.25. The van der Waals surface area contributed by atoms with Crippen LogP contribution in [0, 0.1) is 0 Å². The topological polar surface area (TPSA) is 34.1 Å². The van der Waals surface area contributed by atoms with Gasteiger partial charge < -0.3 is 0 Å². The highest BCUT2D eigenvalue weighted by atomic mass is 32.2. The van der Waals surface area contributed by atoms with E-state index in [1.807, 2.05) is 30.3 Å². The maximum absolute atomic E-state index is 11.1. The third-order valence-corrected chi connectivity index (χ3v) is 3.03. The molecule has 0 heterocycles. The van der Waals surface area contributed by atoms with Gasteiger partial charge in [-0.3, -0.25) is 0 Å². The number of hydrogen-bond donors (Lipinski definition) is 0. The zero-order valence-corrected chi connectivity index (χ0v) is 8.29. The van der Waals surface area contributed by atoms with Gasteiger partial charge in [0.2, 0.25) is 0 Å². The molecular weight excluding hydrogens is 184 g/mol. The molecule has 0 bridgehead atoms. The van der Waals surface area contributed by atoms with Crippen LogP contribution >= 0.6 is 0 Å². The summed E-state index contributed by atoms with van der Waals surface area (Å²) >= 11 is 0. The molecule has 0 aromatic heterocycles.